The maximum absolute atomic E-state index is 11.0. The predicted octanol–water partition coefficient (Wildman–Crippen LogP) is 7.68. The van der Waals surface area contributed by atoms with Crippen molar-refractivity contribution in [3.05, 3.63) is 133 Å². The van der Waals surface area contributed by atoms with Crippen molar-refractivity contribution in [3.63, 3.8) is 0 Å². The van der Waals surface area contributed by atoms with Crippen LogP contribution in [0.3, 0.4) is 0 Å². The zero-order valence-electron chi connectivity index (χ0n) is 32.0. The fourth-order valence-electron chi connectivity index (χ4n) is 6.85. The van der Waals surface area contributed by atoms with Gasteiger partial charge in [-0.15, -0.1) is 0 Å². The third-order valence-electron chi connectivity index (χ3n) is 9.79. The standard InChI is InChI=1S/C23H24N6.C20H19N5O3S/c1-2-14-29(13-1)15-10-17-5-7-18(8-6-17)27-23-25-12-9-21(28-23)20-16-26-22-19(20)4-3-11-24-22;1-29(26,27)28-12-9-14-4-6-15(7-5-14)24-20-22-11-8-18(25-20)17-13-23-19-16(17)3-2-10-21-19/h3-9,11-12,16H,1-2,10,13-15H2,(H,24,26)(H,25,27,28);2-8,10-11,13H,9,12H2,1H3,(H,21,23)(H,22,24,25). The lowest BCUT2D eigenvalue weighted by Gasteiger charge is -2.14. The van der Waals surface area contributed by atoms with Gasteiger partial charge < -0.3 is 25.5 Å². The lowest BCUT2D eigenvalue weighted by Crippen LogP contribution is -2.21. The highest BCUT2D eigenvalue weighted by Crippen LogP contribution is 2.28. The molecule has 0 bridgehead atoms. The smallest absolute Gasteiger partial charge is 0.264 e. The molecule has 15 heteroatoms. The average molecular weight is 794 g/mol. The molecule has 8 aromatic rings. The Morgan fingerprint density at radius 3 is 1.64 bits per heavy atom. The first kappa shape index (κ1) is 38.3. The number of nitrogens with zero attached hydrogens (tertiary/aromatic N) is 7. The Labute approximate surface area is 336 Å². The number of pyridine rings is 2. The van der Waals surface area contributed by atoms with Crippen molar-refractivity contribution in [2.75, 3.05) is 43.1 Å². The Morgan fingerprint density at radius 1 is 0.638 bits per heavy atom. The number of H-pyrrole nitrogens is 2. The third kappa shape index (κ3) is 9.87. The van der Waals surface area contributed by atoms with Gasteiger partial charge in [0.15, 0.2) is 0 Å². The van der Waals surface area contributed by atoms with Crippen LogP contribution in [0.15, 0.2) is 122 Å². The fraction of sp³-hybridized carbons (Fsp3) is 0.209. The van der Waals surface area contributed by atoms with E-state index in [9.17, 15) is 8.42 Å². The average Bonchev–Trinajstić information content (AvgIpc) is 4.02. The van der Waals surface area contributed by atoms with E-state index in [-0.39, 0.29) is 6.61 Å². The summed E-state index contributed by atoms with van der Waals surface area (Å²) in [4.78, 5) is 35.5. The van der Waals surface area contributed by atoms with Gasteiger partial charge in [0, 0.05) is 77.0 Å². The molecule has 0 unspecified atom stereocenters. The normalized spacial score (nSPS) is 13.1. The van der Waals surface area contributed by atoms with E-state index in [1.165, 1.54) is 31.5 Å². The minimum Gasteiger partial charge on any atom is -0.345 e. The van der Waals surface area contributed by atoms with Gasteiger partial charge in [0.25, 0.3) is 10.1 Å². The first-order valence-corrected chi connectivity index (χ1v) is 20.9. The van der Waals surface area contributed by atoms with Crippen molar-refractivity contribution in [1.29, 1.82) is 0 Å². The molecule has 4 N–H and O–H groups in total. The van der Waals surface area contributed by atoms with Crippen molar-refractivity contribution in [3.8, 4) is 22.5 Å². The largest absolute Gasteiger partial charge is 0.345 e. The zero-order chi connectivity index (χ0) is 39.7. The molecule has 58 heavy (non-hydrogen) atoms. The molecular weight excluding hydrogens is 751 g/mol. The number of fused-ring (bicyclic) bond motifs is 2. The van der Waals surface area contributed by atoms with Gasteiger partial charge in [0.1, 0.15) is 11.3 Å². The van der Waals surface area contributed by atoms with Gasteiger partial charge >= 0.3 is 0 Å². The zero-order valence-corrected chi connectivity index (χ0v) is 32.8. The van der Waals surface area contributed by atoms with E-state index in [0.717, 1.165) is 80.7 Å². The Bertz CT molecular complexity index is 2710. The number of aromatic amines is 2. The second kappa shape index (κ2) is 17.7. The Morgan fingerprint density at radius 2 is 1.14 bits per heavy atom. The van der Waals surface area contributed by atoms with Gasteiger partial charge in [-0.3, -0.25) is 4.18 Å². The van der Waals surface area contributed by atoms with E-state index in [1.807, 2.05) is 73.1 Å². The molecule has 0 aliphatic carbocycles. The van der Waals surface area contributed by atoms with Crippen LogP contribution >= 0.6 is 0 Å². The molecule has 294 valence electrons. The molecule has 0 amide bonds. The maximum atomic E-state index is 11.0. The van der Waals surface area contributed by atoms with Crippen LogP contribution in [0.25, 0.3) is 44.6 Å². The van der Waals surface area contributed by atoms with Crippen LogP contribution < -0.4 is 10.6 Å². The summed E-state index contributed by atoms with van der Waals surface area (Å²) in [7, 11) is -3.41. The summed E-state index contributed by atoms with van der Waals surface area (Å²) in [5.74, 6) is 1.07. The molecule has 1 saturated heterocycles. The summed E-state index contributed by atoms with van der Waals surface area (Å²) < 4.78 is 26.8. The third-order valence-corrected chi connectivity index (χ3v) is 10.4. The van der Waals surface area contributed by atoms with Crippen LogP contribution in [0.2, 0.25) is 0 Å². The van der Waals surface area contributed by atoms with Gasteiger partial charge in [-0.05, 0) is 111 Å². The van der Waals surface area contributed by atoms with E-state index >= 15 is 0 Å². The van der Waals surface area contributed by atoms with Crippen molar-refractivity contribution in [2.45, 2.75) is 25.7 Å². The molecule has 6 aromatic heterocycles. The molecule has 1 aliphatic rings. The van der Waals surface area contributed by atoms with E-state index in [1.54, 1.807) is 24.8 Å². The maximum Gasteiger partial charge on any atom is 0.264 e. The van der Waals surface area contributed by atoms with Crippen LogP contribution in [0.1, 0.15) is 24.0 Å². The number of nitrogens with one attached hydrogen (secondary N) is 4. The van der Waals surface area contributed by atoms with Crippen LogP contribution in [0, 0.1) is 0 Å². The minimum atomic E-state index is -3.41. The van der Waals surface area contributed by atoms with Gasteiger partial charge in [0.05, 0.1) is 24.3 Å². The van der Waals surface area contributed by atoms with Crippen molar-refractivity contribution in [1.82, 2.24) is 44.8 Å². The summed E-state index contributed by atoms with van der Waals surface area (Å²) in [6.07, 6.45) is 16.2. The van der Waals surface area contributed by atoms with Crippen molar-refractivity contribution >= 4 is 55.5 Å². The number of anilines is 4. The number of hydrogen-bond donors (Lipinski definition) is 4. The fourth-order valence-corrected chi connectivity index (χ4v) is 7.23. The van der Waals surface area contributed by atoms with E-state index in [2.05, 4.69) is 74.7 Å². The Kier molecular flexibility index (Phi) is 11.7. The van der Waals surface area contributed by atoms with Gasteiger partial charge in [-0.2, -0.15) is 8.42 Å². The molecule has 1 aliphatic heterocycles. The summed E-state index contributed by atoms with van der Waals surface area (Å²) in [6.45, 7) is 3.77. The lowest BCUT2D eigenvalue weighted by atomic mass is 10.1. The summed E-state index contributed by atoms with van der Waals surface area (Å²) in [6, 6.07) is 27.8. The number of rotatable bonds is 13. The minimum absolute atomic E-state index is 0.121. The lowest BCUT2D eigenvalue weighted by molar-refractivity contribution is 0.326. The van der Waals surface area contributed by atoms with Gasteiger partial charge in [-0.25, -0.2) is 29.9 Å². The van der Waals surface area contributed by atoms with Crippen LogP contribution in [0.5, 0.6) is 0 Å². The second-order valence-electron chi connectivity index (χ2n) is 14.0. The molecule has 9 rings (SSSR count). The van der Waals surface area contributed by atoms with Gasteiger partial charge in [-0.1, -0.05) is 24.3 Å². The molecule has 2 aromatic carbocycles. The monoisotopic (exact) mass is 793 g/mol. The molecule has 0 radical (unpaired) electrons. The quantitative estimate of drug-likeness (QED) is 0.0838. The van der Waals surface area contributed by atoms with Crippen LogP contribution in [0.4, 0.5) is 23.3 Å². The highest BCUT2D eigenvalue weighted by Gasteiger charge is 2.13. The van der Waals surface area contributed by atoms with E-state index < -0.39 is 10.1 Å². The summed E-state index contributed by atoms with van der Waals surface area (Å²) in [5.41, 5.74) is 9.47. The topological polar surface area (TPSA) is 180 Å². The molecule has 0 saturated carbocycles. The first-order chi connectivity index (χ1) is 28.3. The van der Waals surface area contributed by atoms with Crippen LogP contribution in [-0.2, 0) is 27.1 Å². The number of aromatic nitrogens is 8. The molecule has 0 spiro atoms. The van der Waals surface area contributed by atoms with E-state index in [0.29, 0.717) is 18.3 Å². The van der Waals surface area contributed by atoms with Gasteiger partial charge in [0.2, 0.25) is 11.9 Å². The van der Waals surface area contributed by atoms with Crippen molar-refractivity contribution in [2.24, 2.45) is 0 Å². The predicted molar refractivity (Wildman–Crippen MR) is 228 cm³/mol. The first-order valence-electron chi connectivity index (χ1n) is 19.1. The highest BCUT2D eigenvalue weighted by atomic mass is 32.2. The number of benzene rings is 2. The van der Waals surface area contributed by atoms with Crippen LogP contribution in [-0.4, -0.2) is 85.7 Å². The summed E-state index contributed by atoms with van der Waals surface area (Å²) in [5, 5.41) is 8.56. The SMILES string of the molecule is CS(=O)(=O)OCCc1ccc(Nc2nccc(-c3c[nH]c4ncccc34)n2)cc1.c1cnc2[nH]cc(-c3ccnc(Nc4ccc(CCN5CCCC5)cc4)n3)c2c1. The molecule has 1 fully saturated rings. The van der Waals surface area contributed by atoms with E-state index in [4.69, 9.17) is 9.17 Å². The second-order valence-corrected chi connectivity index (χ2v) is 15.6. The molecule has 14 nitrogen and oxygen atoms in total. The molecule has 0 atom stereocenters. The Balaban J connectivity index is 0.000000162. The Hall–Kier alpha value is -6.55. The van der Waals surface area contributed by atoms with Crippen molar-refractivity contribution < 1.29 is 12.6 Å². The number of hydrogen-bond acceptors (Lipinski definition) is 12. The molecular formula is C43H43N11O3S. The number of likely N-dealkylation sites (tertiary alicyclic amines) is 1. The highest BCUT2D eigenvalue weighted by molar-refractivity contribution is 7.85. The summed E-state index contributed by atoms with van der Waals surface area (Å²) >= 11 is 0. The molecule has 7 heterocycles.